The third kappa shape index (κ3) is 1.95. The highest BCUT2D eigenvalue weighted by molar-refractivity contribution is 5.97. The number of carbonyl (C=O) groups excluding carboxylic acids is 1. The molecule has 2 aromatic rings. The average molecular weight is 296 g/mol. The van der Waals surface area contributed by atoms with Crippen molar-refractivity contribution < 1.29 is 9.53 Å². The van der Waals surface area contributed by atoms with Gasteiger partial charge in [0.15, 0.2) is 0 Å². The molecule has 0 aliphatic carbocycles. The van der Waals surface area contributed by atoms with Crippen molar-refractivity contribution in [3.8, 4) is 11.1 Å². The molecule has 0 spiro atoms. The fraction of sp³-hybridized carbons (Fsp3) is 0.278. The molecule has 1 aliphatic rings. The predicted octanol–water partition coefficient (Wildman–Crippen LogP) is 2.76. The number of cyclic esters (lactones) is 1. The van der Waals surface area contributed by atoms with Gasteiger partial charge in [-0.1, -0.05) is 42.5 Å². The number of rotatable bonds is 3. The number of hydrogen-bond acceptors (Lipinski definition) is 4. The second-order valence-electron chi connectivity index (χ2n) is 5.88. The zero-order valence-corrected chi connectivity index (χ0v) is 13.3. The van der Waals surface area contributed by atoms with Crippen LogP contribution in [0.5, 0.6) is 0 Å². The van der Waals surface area contributed by atoms with E-state index in [0.717, 1.165) is 16.7 Å². The standard InChI is InChI=1S/C18H20N2O2/c1-19(2)18(20(3)4)16-14(13-9-6-5-7-10-13)11-8-12-15(16)17(21)22-18/h5-12H,1-4H3. The van der Waals surface area contributed by atoms with Gasteiger partial charge in [0.2, 0.25) is 0 Å². The number of benzene rings is 2. The highest BCUT2D eigenvalue weighted by Crippen LogP contribution is 2.44. The Morgan fingerprint density at radius 3 is 2.00 bits per heavy atom. The van der Waals surface area contributed by atoms with Gasteiger partial charge in [-0.15, -0.1) is 0 Å². The highest BCUT2D eigenvalue weighted by Gasteiger charge is 2.51. The monoisotopic (exact) mass is 296 g/mol. The number of esters is 1. The Morgan fingerprint density at radius 1 is 0.818 bits per heavy atom. The number of fused-ring (bicyclic) bond motifs is 1. The molecule has 1 heterocycles. The Morgan fingerprint density at radius 2 is 1.41 bits per heavy atom. The van der Waals surface area contributed by atoms with Crippen molar-refractivity contribution in [1.82, 2.24) is 9.80 Å². The van der Waals surface area contributed by atoms with Crippen molar-refractivity contribution in [3.05, 3.63) is 59.7 Å². The van der Waals surface area contributed by atoms with Gasteiger partial charge in [0.25, 0.3) is 5.85 Å². The molecule has 0 atom stereocenters. The Bertz CT molecular complexity index is 700. The summed E-state index contributed by atoms with van der Waals surface area (Å²) in [7, 11) is 7.68. The van der Waals surface area contributed by atoms with Gasteiger partial charge in [0.05, 0.1) is 5.56 Å². The van der Waals surface area contributed by atoms with E-state index >= 15 is 0 Å². The van der Waals surface area contributed by atoms with E-state index in [0.29, 0.717) is 5.56 Å². The summed E-state index contributed by atoms with van der Waals surface area (Å²) in [4.78, 5) is 16.3. The van der Waals surface area contributed by atoms with Crippen LogP contribution in [0.15, 0.2) is 48.5 Å². The lowest BCUT2D eigenvalue weighted by Crippen LogP contribution is -2.52. The molecule has 2 aromatic carbocycles. The van der Waals surface area contributed by atoms with Crippen molar-refractivity contribution >= 4 is 5.97 Å². The van der Waals surface area contributed by atoms with E-state index in [1.54, 1.807) is 0 Å². The third-order valence-corrected chi connectivity index (χ3v) is 4.14. The SMILES string of the molecule is CN(C)C1(N(C)C)OC(=O)c2cccc(-c3ccccc3)c21. The van der Waals surface area contributed by atoms with Gasteiger partial charge >= 0.3 is 5.97 Å². The topological polar surface area (TPSA) is 32.8 Å². The maximum Gasteiger partial charge on any atom is 0.341 e. The Labute approximate surface area is 130 Å². The number of ether oxygens (including phenoxy) is 1. The van der Waals surface area contributed by atoms with E-state index in [-0.39, 0.29) is 5.97 Å². The molecular formula is C18H20N2O2. The van der Waals surface area contributed by atoms with Crippen LogP contribution in [0.3, 0.4) is 0 Å². The molecular weight excluding hydrogens is 276 g/mol. The van der Waals surface area contributed by atoms with Crippen LogP contribution in [0.4, 0.5) is 0 Å². The average Bonchev–Trinajstić information content (AvgIpc) is 2.83. The van der Waals surface area contributed by atoms with Crippen LogP contribution in [0.2, 0.25) is 0 Å². The minimum atomic E-state index is -0.890. The Balaban J connectivity index is 2.33. The van der Waals surface area contributed by atoms with Gasteiger partial charge in [-0.2, -0.15) is 0 Å². The molecule has 0 amide bonds. The smallest absolute Gasteiger partial charge is 0.341 e. The first kappa shape index (κ1) is 14.8. The van der Waals surface area contributed by atoms with Crippen LogP contribution in [-0.4, -0.2) is 44.0 Å². The largest absolute Gasteiger partial charge is 0.422 e. The summed E-state index contributed by atoms with van der Waals surface area (Å²) in [6.45, 7) is 0. The fourth-order valence-corrected chi connectivity index (χ4v) is 3.20. The number of hydrogen-bond donors (Lipinski definition) is 0. The molecule has 22 heavy (non-hydrogen) atoms. The highest BCUT2D eigenvalue weighted by atomic mass is 16.6. The Hall–Kier alpha value is -2.17. The first-order valence-corrected chi connectivity index (χ1v) is 7.25. The predicted molar refractivity (Wildman–Crippen MR) is 86.3 cm³/mol. The maximum atomic E-state index is 12.4. The number of carbonyl (C=O) groups is 1. The maximum absolute atomic E-state index is 12.4. The zero-order valence-electron chi connectivity index (χ0n) is 13.3. The van der Waals surface area contributed by atoms with Gasteiger partial charge in [-0.3, -0.25) is 9.80 Å². The van der Waals surface area contributed by atoms with Crippen LogP contribution >= 0.6 is 0 Å². The quantitative estimate of drug-likeness (QED) is 0.644. The fourth-order valence-electron chi connectivity index (χ4n) is 3.20. The molecule has 3 rings (SSSR count). The lowest BCUT2D eigenvalue weighted by molar-refractivity contribution is -0.182. The Kier molecular flexibility index (Phi) is 3.51. The number of nitrogens with zero attached hydrogens (tertiary/aromatic N) is 2. The third-order valence-electron chi connectivity index (χ3n) is 4.14. The summed E-state index contributed by atoms with van der Waals surface area (Å²) in [6.07, 6.45) is 0. The molecule has 0 N–H and O–H groups in total. The van der Waals surface area contributed by atoms with E-state index < -0.39 is 5.85 Å². The van der Waals surface area contributed by atoms with E-state index in [4.69, 9.17) is 4.74 Å². The molecule has 0 fully saturated rings. The lowest BCUT2D eigenvalue weighted by atomic mass is 9.92. The van der Waals surface area contributed by atoms with Crippen LogP contribution in [0, 0.1) is 0 Å². The van der Waals surface area contributed by atoms with Gasteiger partial charge < -0.3 is 4.74 Å². The minimum Gasteiger partial charge on any atom is -0.422 e. The van der Waals surface area contributed by atoms with Crippen LogP contribution in [-0.2, 0) is 10.6 Å². The molecule has 0 bridgehead atoms. The molecule has 114 valence electrons. The molecule has 0 unspecified atom stereocenters. The molecule has 0 saturated carbocycles. The zero-order chi connectivity index (χ0) is 15.9. The lowest BCUT2D eigenvalue weighted by Gasteiger charge is -2.41. The van der Waals surface area contributed by atoms with Crippen molar-refractivity contribution in [1.29, 1.82) is 0 Å². The van der Waals surface area contributed by atoms with E-state index in [9.17, 15) is 4.79 Å². The summed E-state index contributed by atoms with van der Waals surface area (Å²) in [5, 5.41) is 0. The summed E-state index contributed by atoms with van der Waals surface area (Å²) in [5.74, 6) is -1.17. The van der Waals surface area contributed by atoms with Crippen molar-refractivity contribution in [2.45, 2.75) is 5.85 Å². The van der Waals surface area contributed by atoms with Gasteiger partial charge in [-0.05, 0) is 45.4 Å². The second-order valence-corrected chi connectivity index (χ2v) is 5.88. The first-order valence-electron chi connectivity index (χ1n) is 7.25. The van der Waals surface area contributed by atoms with Crippen molar-refractivity contribution in [2.75, 3.05) is 28.2 Å². The van der Waals surface area contributed by atoms with Gasteiger partial charge in [0, 0.05) is 5.56 Å². The normalized spacial score (nSPS) is 16.0. The molecule has 0 radical (unpaired) electrons. The first-order chi connectivity index (χ1) is 10.5. The summed E-state index contributed by atoms with van der Waals surface area (Å²) >= 11 is 0. The van der Waals surface area contributed by atoms with Gasteiger partial charge in [0.1, 0.15) is 0 Å². The van der Waals surface area contributed by atoms with Crippen LogP contribution in [0.25, 0.3) is 11.1 Å². The molecule has 4 heteroatoms. The van der Waals surface area contributed by atoms with Crippen LogP contribution in [0.1, 0.15) is 15.9 Å². The minimum absolute atomic E-state index is 0.282. The summed E-state index contributed by atoms with van der Waals surface area (Å²) in [5.41, 5.74) is 3.63. The van der Waals surface area contributed by atoms with Crippen molar-refractivity contribution in [2.24, 2.45) is 0 Å². The molecule has 0 aromatic heterocycles. The summed E-state index contributed by atoms with van der Waals surface area (Å²) in [6, 6.07) is 15.9. The van der Waals surface area contributed by atoms with Crippen molar-refractivity contribution in [3.63, 3.8) is 0 Å². The van der Waals surface area contributed by atoms with E-state index in [1.807, 2.05) is 74.4 Å². The molecule has 1 aliphatic heterocycles. The summed E-state index contributed by atoms with van der Waals surface area (Å²) < 4.78 is 5.82. The molecule has 0 saturated heterocycles. The van der Waals surface area contributed by atoms with Crippen LogP contribution < -0.4 is 0 Å². The molecule has 4 nitrogen and oxygen atoms in total. The van der Waals surface area contributed by atoms with E-state index in [2.05, 4.69) is 12.1 Å². The van der Waals surface area contributed by atoms with E-state index in [1.165, 1.54) is 0 Å². The second kappa shape index (κ2) is 5.23. The van der Waals surface area contributed by atoms with Gasteiger partial charge in [-0.25, -0.2) is 4.79 Å².